The van der Waals surface area contributed by atoms with Crippen molar-refractivity contribution in [2.75, 3.05) is 6.54 Å². The van der Waals surface area contributed by atoms with Crippen LogP contribution in [0.1, 0.15) is 25.5 Å². The van der Waals surface area contributed by atoms with Gasteiger partial charge in [-0.15, -0.1) is 0 Å². The van der Waals surface area contributed by atoms with Gasteiger partial charge < -0.3 is 10.1 Å². The van der Waals surface area contributed by atoms with Gasteiger partial charge in [0.05, 0.1) is 0 Å². The fraction of sp³-hybridized carbons (Fsp3) is 0.250. The number of hydrogen-bond donors (Lipinski definition) is 1. The smallest absolute Gasteiger partial charge is 0.127 e. The molecule has 0 aliphatic carbocycles. The van der Waals surface area contributed by atoms with Gasteiger partial charge in [-0.25, -0.2) is 0 Å². The Hall–Kier alpha value is -1.32. The Kier molecular flexibility index (Phi) is 5.00. The van der Waals surface area contributed by atoms with Crippen molar-refractivity contribution in [2.45, 2.75) is 19.9 Å². The maximum atomic E-state index is 5.85. The first-order valence-corrected chi connectivity index (χ1v) is 7.25. The highest BCUT2D eigenvalue weighted by Crippen LogP contribution is 2.25. The second-order valence-electron chi connectivity index (χ2n) is 4.41. The predicted molar refractivity (Wildman–Crippen MR) is 82.7 cm³/mol. The first kappa shape index (κ1) is 14.1. The molecule has 0 saturated carbocycles. The van der Waals surface area contributed by atoms with Gasteiger partial charge in [0.1, 0.15) is 11.5 Å². The Morgan fingerprint density at radius 3 is 2.53 bits per heavy atom. The van der Waals surface area contributed by atoms with E-state index in [4.69, 9.17) is 4.74 Å². The van der Waals surface area contributed by atoms with Crippen LogP contribution in [0.3, 0.4) is 0 Å². The summed E-state index contributed by atoms with van der Waals surface area (Å²) >= 11 is 3.41. The zero-order chi connectivity index (χ0) is 13.7. The Bertz CT molecular complexity index is 525. The normalized spacial score (nSPS) is 12.2. The van der Waals surface area contributed by atoms with Crippen LogP contribution < -0.4 is 10.1 Å². The summed E-state index contributed by atoms with van der Waals surface area (Å²) in [6.07, 6.45) is 0. The largest absolute Gasteiger partial charge is 0.457 e. The first-order valence-electron chi connectivity index (χ1n) is 6.46. The highest BCUT2D eigenvalue weighted by molar-refractivity contribution is 9.10. The van der Waals surface area contributed by atoms with E-state index < -0.39 is 0 Å². The van der Waals surface area contributed by atoms with Gasteiger partial charge in [-0.05, 0) is 55.4 Å². The lowest BCUT2D eigenvalue weighted by Crippen LogP contribution is -2.17. The number of nitrogens with one attached hydrogen (secondary N) is 1. The van der Waals surface area contributed by atoms with Crippen LogP contribution in [0.15, 0.2) is 53.0 Å². The molecule has 0 radical (unpaired) electrons. The minimum absolute atomic E-state index is 0.332. The Balaban J connectivity index is 2.12. The molecule has 0 amide bonds. The first-order chi connectivity index (χ1) is 9.19. The number of benzene rings is 2. The molecule has 0 heterocycles. The molecular formula is C16H18BrNO. The highest BCUT2D eigenvalue weighted by Gasteiger charge is 2.05. The summed E-state index contributed by atoms with van der Waals surface area (Å²) in [6, 6.07) is 16.4. The Morgan fingerprint density at radius 1 is 1.11 bits per heavy atom. The fourth-order valence-corrected chi connectivity index (χ4v) is 2.17. The van der Waals surface area contributed by atoms with E-state index in [1.165, 1.54) is 5.56 Å². The second kappa shape index (κ2) is 6.73. The number of hydrogen-bond acceptors (Lipinski definition) is 2. The molecule has 0 fully saturated rings. The van der Waals surface area contributed by atoms with E-state index in [9.17, 15) is 0 Å². The topological polar surface area (TPSA) is 21.3 Å². The predicted octanol–water partition coefficient (Wildman–Crippen LogP) is 4.91. The molecule has 1 atom stereocenters. The SMILES string of the molecule is CCNC(C)c1cccc(Oc2ccc(Br)cc2)c1. The van der Waals surface area contributed by atoms with Crippen LogP contribution in [0.4, 0.5) is 0 Å². The van der Waals surface area contributed by atoms with Gasteiger partial charge in [-0.1, -0.05) is 35.0 Å². The lowest BCUT2D eigenvalue weighted by Gasteiger charge is -2.14. The molecule has 2 aromatic rings. The molecule has 0 aromatic heterocycles. The highest BCUT2D eigenvalue weighted by atomic mass is 79.9. The summed E-state index contributed by atoms with van der Waals surface area (Å²) < 4.78 is 6.90. The van der Waals surface area contributed by atoms with Crippen LogP contribution in [0.25, 0.3) is 0 Å². The average molecular weight is 320 g/mol. The van der Waals surface area contributed by atoms with Crippen molar-refractivity contribution in [3.8, 4) is 11.5 Å². The van der Waals surface area contributed by atoms with E-state index in [1.54, 1.807) is 0 Å². The summed E-state index contributed by atoms with van der Waals surface area (Å²) in [4.78, 5) is 0. The average Bonchev–Trinajstić information content (AvgIpc) is 2.42. The van der Waals surface area contributed by atoms with E-state index in [1.807, 2.05) is 36.4 Å². The number of halogens is 1. The van der Waals surface area contributed by atoms with Crippen molar-refractivity contribution >= 4 is 15.9 Å². The van der Waals surface area contributed by atoms with Crippen LogP contribution in [0.2, 0.25) is 0 Å². The van der Waals surface area contributed by atoms with Crippen molar-refractivity contribution in [3.63, 3.8) is 0 Å². The van der Waals surface area contributed by atoms with Crippen molar-refractivity contribution < 1.29 is 4.74 Å². The maximum Gasteiger partial charge on any atom is 0.127 e. The second-order valence-corrected chi connectivity index (χ2v) is 5.32. The molecule has 2 aromatic carbocycles. The number of rotatable bonds is 5. The van der Waals surface area contributed by atoms with Crippen LogP contribution >= 0.6 is 15.9 Å². The third-order valence-corrected chi connectivity index (χ3v) is 3.45. The Morgan fingerprint density at radius 2 is 1.84 bits per heavy atom. The van der Waals surface area contributed by atoms with Gasteiger partial charge in [0, 0.05) is 10.5 Å². The van der Waals surface area contributed by atoms with Crippen LogP contribution in [0, 0.1) is 0 Å². The molecule has 1 N–H and O–H groups in total. The maximum absolute atomic E-state index is 5.85. The number of ether oxygens (including phenoxy) is 1. The molecule has 0 aliphatic heterocycles. The summed E-state index contributed by atoms with van der Waals surface area (Å²) in [7, 11) is 0. The van der Waals surface area contributed by atoms with Gasteiger partial charge in [0.2, 0.25) is 0 Å². The quantitative estimate of drug-likeness (QED) is 0.845. The zero-order valence-electron chi connectivity index (χ0n) is 11.2. The van der Waals surface area contributed by atoms with Gasteiger partial charge in [-0.2, -0.15) is 0 Å². The van der Waals surface area contributed by atoms with Gasteiger partial charge >= 0.3 is 0 Å². The van der Waals surface area contributed by atoms with Crippen LogP contribution in [-0.2, 0) is 0 Å². The van der Waals surface area contributed by atoms with Crippen LogP contribution in [0.5, 0.6) is 11.5 Å². The minimum atomic E-state index is 0.332. The minimum Gasteiger partial charge on any atom is -0.457 e. The summed E-state index contributed by atoms with van der Waals surface area (Å²) in [5.41, 5.74) is 1.23. The van der Waals surface area contributed by atoms with Crippen molar-refractivity contribution in [3.05, 3.63) is 58.6 Å². The monoisotopic (exact) mass is 319 g/mol. The molecule has 19 heavy (non-hydrogen) atoms. The molecule has 1 unspecified atom stereocenters. The Labute approximate surface area is 122 Å². The lowest BCUT2D eigenvalue weighted by atomic mass is 10.1. The van der Waals surface area contributed by atoms with E-state index in [-0.39, 0.29) is 0 Å². The van der Waals surface area contributed by atoms with Crippen molar-refractivity contribution in [1.29, 1.82) is 0 Å². The van der Waals surface area contributed by atoms with E-state index in [0.29, 0.717) is 6.04 Å². The lowest BCUT2D eigenvalue weighted by molar-refractivity contribution is 0.480. The summed E-state index contributed by atoms with van der Waals surface area (Å²) in [6.45, 7) is 5.22. The molecule has 0 bridgehead atoms. The van der Waals surface area contributed by atoms with Crippen LogP contribution in [-0.4, -0.2) is 6.54 Å². The van der Waals surface area contributed by atoms with Crippen molar-refractivity contribution in [1.82, 2.24) is 5.32 Å². The van der Waals surface area contributed by atoms with E-state index >= 15 is 0 Å². The molecule has 100 valence electrons. The molecule has 2 rings (SSSR count). The summed E-state index contributed by atoms with van der Waals surface area (Å²) in [5.74, 6) is 1.71. The van der Waals surface area contributed by atoms with Gasteiger partial charge in [0.25, 0.3) is 0 Å². The fourth-order valence-electron chi connectivity index (χ4n) is 1.91. The standard InChI is InChI=1S/C16H18BrNO/c1-3-18-12(2)13-5-4-6-16(11-13)19-15-9-7-14(17)8-10-15/h4-12,18H,3H2,1-2H3. The molecule has 0 saturated heterocycles. The zero-order valence-corrected chi connectivity index (χ0v) is 12.8. The molecular weight excluding hydrogens is 302 g/mol. The van der Waals surface area contributed by atoms with Crippen molar-refractivity contribution in [2.24, 2.45) is 0 Å². The third-order valence-electron chi connectivity index (χ3n) is 2.92. The summed E-state index contributed by atoms with van der Waals surface area (Å²) in [5, 5.41) is 3.40. The molecule has 3 heteroatoms. The third kappa shape index (κ3) is 4.08. The van der Waals surface area contributed by atoms with Gasteiger partial charge in [-0.3, -0.25) is 0 Å². The van der Waals surface area contributed by atoms with Gasteiger partial charge in [0.15, 0.2) is 0 Å². The van der Waals surface area contributed by atoms with E-state index in [2.05, 4.69) is 47.2 Å². The molecule has 0 aliphatic rings. The van der Waals surface area contributed by atoms with E-state index in [0.717, 1.165) is 22.5 Å². The molecule has 2 nitrogen and oxygen atoms in total. The molecule has 0 spiro atoms.